The predicted molar refractivity (Wildman–Crippen MR) is 122 cm³/mol. The maximum absolute atomic E-state index is 5.47. The monoisotopic (exact) mass is 412 g/mol. The third-order valence-corrected chi connectivity index (χ3v) is 4.64. The first kappa shape index (κ1) is 24.0. The van der Waals surface area contributed by atoms with Crippen LogP contribution in [0.25, 0.3) is 33.0 Å². The highest BCUT2D eigenvalue weighted by atomic mass is 32.1. The van der Waals surface area contributed by atoms with Crippen LogP contribution in [0.2, 0.25) is 0 Å². The number of thiophene rings is 1. The Bertz CT molecular complexity index is 1040. The van der Waals surface area contributed by atoms with Crippen molar-refractivity contribution in [3.8, 4) is 34.5 Å². The summed E-state index contributed by atoms with van der Waals surface area (Å²) in [5.74, 6) is 1.61. The largest absolute Gasteiger partial charge is 0.481 e. The molecular weight excluding hydrogens is 384 g/mol. The van der Waals surface area contributed by atoms with Gasteiger partial charge in [-0.15, -0.1) is 11.3 Å². The van der Waals surface area contributed by atoms with Crippen LogP contribution in [0.4, 0.5) is 0 Å². The second kappa shape index (κ2) is 11.1. The molecule has 0 atom stereocenters. The van der Waals surface area contributed by atoms with E-state index in [-0.39, 0.29) is 14.9 Å². The molecule has 4 aromatic heterocycles. The molecule has 4 aromatic rings. The SMILES string of the molecule is C.C.CC.COc1cccc(-c2csc3c(OC)nc(-c4ccccn4)nc23)n1. The van der Waals surface area contributed by atoms with E-state index >= 15 is 0 Å². The molecule has 0 radical (unpaired) electrons. The summed E-state index contributed by atoms with van der Waals surface area (Å²) in [4.78, 5) is 18.1. The summed E-state index contributed by atoms with van der Waals surface area (Å²) in [6, 6.07) is 11.3. The van der Waals surface area contributed by atoms with Gasteiger partial charge in [0.2, 0.25) is 11.8 Å². The molecule has 0 aliphatic rings. The molecule has 0 N–H and O–H groups in total. The molecule has 154 valence electrons. The molecule has 0 aliphatic heterocycles. The van der Waals surface area contributed by atoms with Crippen LogP contribution in [0.15, 0.2) is 48.0 Å². The van der Waals surface area contributed by atoms with Crippen LogP contribution in [0.3, 0.4) is 0 Å². The molecule has 0 fully saturated rings. The van der Waals surface area contributed by atoms with E-state index in [0.29, 0.717) is 23.3 Å². The molecular formula is C22H28N4O2S. The number of fused-ring (bicyclic) bond motifs is 1. The van der Waals surface area contributed by atoms with Crippen LogP contribution in [0.5, 0.6) is 11.8 Å². The van der Waals surface area contributed by atoms with Crippen molar-refractivity contribution in [2.45, 2.75) is 28.7 Å². The zero-order chi connectivity index (χ0) is 19.2. The van der Waals surface area contributed by atoms with Crippen LogP contribution in [-0.2, 0) is 0 Å². The molecule has 6 nitrogen and oxygen atoms in total. The molecule has 0 bridgehead atoms. The van der Waals surface area contributed by atoms with Gasteiger partial charge in [0.25, 0.3) is 0 Å². The zero-order valence-corrected chi connectivity index (χ0v) is 16.4. The minimum Gasteiger partial charge on any atom is -0.481 e. The minimum atomic E-state index is 0. The Hall–Kier alpha value is -3.06. The standard InChI is InChI=1S/C18H14N4O2S.C2H6.2CH4/c1-23-14-8-5-7-12(20-14)11-10-25-16-15(11)21-17(22-18(16)24-2)13-6-3-4-9-19-13;1-2;;/h3-10H,1-2H3;1-2H3;2*1H4. The number of aromatic nitrogens is 4. The van der Waals surface area contributed by atoms with Crippen molar-refractivity contribution in [3.05, 3.63) is 48.0 Å². The summed E-state index contributed by atoms with van der Waals surface area (Å²) in [6.45, 7) is 4.00. The van der Waals surface area contributed by atoms with Gasteiger partial charge in [0.1, 0.15) is 10.4 Å². The Morgan fingerprint density at radius 1 is 0.828 bits per heavy atom. The lowest BCUT2D eigenvalue weighted by Gasteiger charge is -2.06. The maximum Gasteiger partial charge on any atom is 0.235 e. The lowest BCUT2D eigenvalue weighted by molar-refractivity contribution is 0.398. The Morgan fingerprint density at radius 3 is 2.24 bits per heavy atom. The van der Waals surface area contributed by atoms with E-state index in [1.807, 2.05) is 55.6 Å². The van der Waals surface area contributed by atoms with Gasteiger partial charge in [0.05, 0.1) is 25.4 Å². The molecule has 4 heterocycles. The van der Waals surface area contributed by atoms with Gasteiger partial charge in [-0.25, -0.2) is 9.97 Å². The first-order valence-electron chi connectivity index (χ1n) is 8.56. The number of hydrogen-bond donors (Lipinski definition) is 0. The van der Waals surface area contributed by atoms with Crippen molar-refractivity contribution in [1.82, 2.24) is 19.9 Å². The highest BCUT2D eigenvalue weighted by Gasteiger charge is 2.17. The second-order valence-electron chi connectivity index (χ2n) is 5.16. The minimum absolute atomic E-state index is 0. The topological polar surface area (TPSA) is 70.0 Å². The van der Waals surface area contributed by atoms with Crippen LogP contribution in [0.1, 0.15) is 28.7 Å². The number of rotatable bonds is 4. The average Bonchev–Trinajstić information content (AvgIpc) is 3.19. The molecule has 0 aromatic carbocycles. The fourth-order valence-corrected chi connectivity index (χ4v) is 3.47. The summed E-state index contributed by atoms with van der Waals surface area (Å²) in [5.41, 5.74) is 3.19. The summed E-state index contributed by atoms with van der Waals surface area (Å²) >= 11 is 1.53. The average molecular weight is 413 g/mol. The Labute approximate surface area is 176 Å². The molecule has 29 heavy (non-hydrogen) atoms. The van der Waals surface area contributed by atoms with Crippen LogP contribution in [-0.4, -0.2) is 34.2 Å². The fraction of sp³-hybridized carbons (Fsp3) is 0.273. The first-order chi connectivity index (χ1) is 13.3. The van der Waals surface area contributed by atoms with Gasteiger partial charge in [-0.05, 0) is 18.2 Å². The molecule has 4 rings (SSSR count). The number of methoxy groups -OCH3 is 2. The molecule has 0 spiro atoms. The van der Waals surface area contributed by atoms with E-state index in [0.717, 1.165) is 21.5 Å². The van der Waals surface area contributed by atoms with E-state index in [1.54, 1.807) is 20.4 Å². The van der Waals surface area contributed by atoms with Crippen molar-refractivity contribution < 1.29 is 9.47 Å². The van der Waals surface area contributed by atoms with Crippen molar-refractivity contribution in [2.75, 3.05) is 14.2 Å². The molecule has 0 unspecified atom stereocenters. The van der Waals surface area contributed by atoms with E-state index in [4.69, 9.17) is 14.5 Å². The Morgan fingerprint density at radius 2 is 1.59 bits per heavy atom. The number of ether oxygens (including phenoxy) is 2. The normalized spacial score (nSPS) is 9.52. The number of pyridine rings is 2. The summed E-state index contributed by atoms with van der Waals surface area (Å²) in [7, 11) is 3.20. The van der Waals surface area contributed by atoms with Gasteiger partial charge in [-0.1, -0.05) is 40.8 Å². The zero-order valence-electron chi connectivity index (χ0n) is 15.6. The van der Waals surface area contributed by atoms with Crippen molar-refractivity contribution in [1.29, 1.82) is 0 Å². The van der Waals surface area contributed by atoms with Gasteiger partial charge in [0.15, 0.2) is 5.82 Å². The Balaban J connectivity index is 0.00000102. The van der Waals surface area contributed by atoms with E-state index < -0.39 is 0 Å². The van der Waals surface area contributed by atoms with E-state index in [9.17, 15) is 0 Å². The number of nitrogens with zero attached hydrogens (tertiary/aromatic N) is 4. The second-order valence-corrected chi connectivity index (χ2v) is 6.04. The molecule has 7 heteroatoms. The van der Waals surface area contributed by atoms with Crippen LogP contribution >= 0.6 is 11.3 Å². The van der Waals surface area contributed by atoms with Gasteiger partial charge in [-0.3, -0.25) is 4.98 Å². The quantitative estimate of drug-likeness (QED) is 0.401. The van der Waals surface area contributed by atoms with E-state index in [2.05, 4.69) is 15.0 Å². The van der Waals surface area contributed by atoms with Gasteiger partial charge >= 0.3 is 0 Å². The molecule has 0 saturated heterocycles. The molecule has 0 amide bonds. The fourth-order valence-electron chi connectivity index (χ4n) is 2.50. The Kier molecular flexibility index (Phi) is 9.15. The maximum atomic E-state index is 5.47. The lowest BCUT2D eigenvalue weighted by Crippen LogP contribution is -1.96. The third-order valence-electron chi connectivity index (χ3n) is 3.68. The summed E-state index contributed by atoms with van der Waals surface area (Å²) < 4.78 is 11.6. The van der Waals surface area contributed by atoms with Gasteiger partial charge < -0.3 is 9.47 Å². The summed E-state index contributed by atoms with van der Waals surface area (Å²) in [5, 5.41) is 2.01. The third kappa shape index (κ3) is 4.86. The molecule has 0 aliphatic carbocycles. The van der Waals surface area contributed by atoms with Gasteiger partial charge in [-0.2, -0.15) is 4.98 Å². The van der Waals surface area contributed by atoms with Crippen LogP contribution in [0, 0.1) is 0 Å². The van der Waals surface area contributed by atoms with Crippen molar-refractivity contribution in [3.63, 3.8) is 0 Å². The van der Waals surface area contributed by atoms with E-state index in [1.165, 1.54) is 11.3 Å². The van der Waals surface area contributed by atoms with Crippen LogP contribution < -0.4 is 9.47 Å². The highest BCUT2D eigenvalue weighted by molar-refractivity contribution is 7.18. The first-order valence-corrected chi connectivity index (χ1v) is 9.44. The predicted octanol–water partition coefficient (Wildman–Crippen LogP) is 6.13. The lowest BCUT2D eigenvalue weighted by atomic mass is 10.2. The molecule has 0 saturated carbocycles. The highest BCUT2D eigenvalue weighted by Crippen LogP contribution is 2.37. The van der Waals surface area contributed by atoms with Gasteiger partial charge in [0, 0.05) is 23.2 Å². The summed E-state index contributed by atoms with van der Waals surface area (Å²) in [6.07, 6.45) is 1.72. The van der Waals surface area contributed by atoms with Crippen molar-refractivity contribution in [2.24, 2.45) is 0 Å². The van der Waals surface area contributed by atoms with Crippen molar-refractivity contribution >= 4 is 21.6 Å². The number of hydrogen-bond acceptors (Lipinski definition) is 7. The smallest absolute Gasteiger partial charge is 0.235 e.